The van der Waals surface area contributed by atoms with Crippen LogP contribution in [0.2, 0.25) is 0 Å². The average molecular weight is 424 g/mol. The lowest BCUT2D eigenvalue weighted by atomic mass is 10.2. The zero-order chi connectivity index (χ0) is 18.9. The van der Waals surface area contributed by atoms with Crippen LogP contribution in [0.15, 0.2) is 80.0 Å². The topological polar surface area (TPSA) is 60.9 Å². The number of hydrogen-bond acceptors (Lipinski definition) is 7. The van der Waals surface area contributed by atoms with Gasteiger partial charge in [0.1, 0.15) is 11.1 Å². The van der Waals surface area contributed by atoms with Crippen molar-refractivity contribution < 1.29 is 4.52 Å². The summed E-state index contributed by atoms with van der Waals surface area (Å²) >= 11 is 4.60. The predicted molar refractivity (Wildman–Crippen MR) is 115 cm³/mol. The Morgan fingerprint density at radius 1 is 1.07 bits per heavy atom. The van der Waals surface area contributed by atoms with Gasteiger partial charge >= 0.3 is 0 Å². The Hall–Kier alpha value is -2.68. The van der Waals surface area contributed by atoms with Gasteiger partial charge in [0.25, 0.3) is 5.56 Å². The summed E-state index contributed by atoms with van der Waals surface area (Å²) in [5.41, 5.74) is 2.51. The number of thioether (sulfide) groups is 1. The van der Waals surface area contributed by atoms with E-state index in [9.17, 15) is 4.79 Å². The molecule has 4 aromatic heterocycles. The number of fused-ring (bicyclic) bond motifs is 1. The van der Waals surface area contributed by atoms with Crippen LogP contribution in [-0.4, -0.2) is 14.7 Å². The minimum absolute atomic E-state index is 0.0523. The first kappa shape index (κ1) is 17.4. The average Bonchev–Trinajstić information content (AvgIpc) is 3.47. The summed E-state index contributed by atoms with van der Waals surface area (Å²) in [6.45, 7) is 0. The van der Waals surface area contributed by atoms with E-state index in [1.54, 1.807) is 22.2 Å². The molecule has 0 fully saturated rings. The highest BCUT2D eigenvalue weighted by Crippen LogP contribution is 2.35. The molecule has 4 heterocycles. The molecular weight excluding hydrogens is 410 g/mol. The van der Waals surface area contributed by atoms with Crippen molar-refractivity contribution in [2.45, 2.75) is 10.9 Å². The molecule has 5 aromatic rings. The van der Waals surface area contributed by atoms with Crippen LogP contribution in [0, 0.1) is 0 Å². The van der Waals surface area contributed by atoms with Crippen molar-refractivity contribution >= 4 is 44.7 Å². The third-order valence-electron chi connectivity index (χ3n) is 4.22. The van der Waals surface area contributed by atoms with Crippen LogP contribution in [0.1, 0.15) is 5.69 Å². The van der Waals surface area contributed by atoms with Crippen molar-refractivity contribution in [1.29, 1.82) is 0 Å². The molecule has 1 aromatic carbocycles. The monoisotopic (exact) mass is 423 g/mol. The van der Waals surface area contributed by atoms with E-state index in [-0.39, 0.29) is 5.56 Å². The van der Waals surface area contributed by atoms with Crippen molar-refractivity contribution in [3.05, 3.63) is 81.6 Å². The maximum absolute atomic E-state index is 13.6. The zero-order valence-corrected chi connectivity index (χ0v) is 16.9. The Balaban J connectivity index is 1.71. The quantitative estimate of drug-likeness (QED) is 0.278. The van der Waals surface area contributed by atoms with Gasteiger partial charge in [0.2, 0.25) is 0 Å². The number of para-hydroxylation sites is 1. The molecule has 0 atom stereocenters. The van der Waals surface area contributed by atoms with Crippen molar-refractivity contribution in [2.75, 3.05) is 0 Å². The number of nitrogens with zero attached hydrogens (tertiary/aromatic N) is 3. The first-order valence-electron chi connectivity index (χ1n) is 8.47. The number of thiophene rings is 2. The molecule has 28 heavy (non-hydrogen) atoms. The highest BCUT2D eigenvalue weighted by atomic mass is 32.2. The van der Waals surface area contributed by atoms with E-state index in [4.69, 9.17) is 9.51 Å². The van der Waals surface area contributed by atoms with E-state index >= 15 is 0 Å². The molecular formula is C20H13N3O2S3. The van der Waals surface area contributed by atoms with Gasteiger partial charge < -0.3 is 4.52 Å². The molecule has 0 aliphatic rings. The van der Waals surface area contributed by atoms with Gasteiger partial charge in [-0.1, -0.05) is 41.2 Å². The lowest BCUT2D eigenvalue weighted by molar-refractivity contribution is 0.414. The molecule has 5 nitrogen and oxygen atoms in total. The van der Waals surface area contributed by atoms with E-state index in [0.717, 1.165) is 26.7 Å². The molecule has 0 unspecified atom stereocenters. The smallest absolute Gasteiger partial charge is 0.268 e. The molecule has 5 rings (SSSR count). The summed E-state index contributed by atoms with van der Waals surface area (Å²) in [5, 5.41) is 9.30. The molecule has 0 N–H and O–H groups in total. The molecule has 0 saturated heterocycles. The number of benzene rings is 1. The van der Waals surface area contributed by atoms with Crippen LogP contribution in [-0.2, 0) is 5.75 Å². The van der Waals surface area contributed by atoms with Gasteiger partial charge in [0, 0.05) is 27.6 Å². The number of hydrogen-bond donors (Lipinski definition) is 0. The fraction of sp³-hybridized carbons (Fsp3) is 0.0500. The molecule has 0 spiro atoms. The molecule has 8 heteroatoms. The van der Waals surface area contributed by atoms with E-state index < -0.39 is 0 Å². The van der Waals surface area contributed by atoms with Gasteiger partial charge in [-0.2, -0.15) is 0 Å². The molecule has 0 saturated carbocycles. The molecule has 0 aliphatic heterocycles. The minimum Gasteiger partial charge on any atom is -0.364 e. The number of rotatable bonds is 5. The lowest BCUT2D eigenvalue weighted by Gasteiger charge is -2.12. The molecule has 138 valence electrons. The second-order valence-corrected chi connectivity index (χ2v) is 8.71. The second-order valence-electron chi connectivity index (χ2n) is 5.96. The van der Waals surface area contributed by atoms with E-state index in [1.165, 1.54) is 23.1 Å². The van der Waals surface area contributed by atoms with Crippen LogP contribution in [0.25, 0.3) is 26.3 Å². The minimum atomic E-state index is -0.0523. The van der Waals surface area contributed by atoms with Crippen LogP contribution < -0.4 is 5.56 Å². The van der Waals surface area contributed by atoms with E-state index in [0.29, 0.717) is 16.3 Å². The Bertz CT molecular complexity index is 1270. The lowest BCUT2D eigenvalue weighted by Crippen LogP contribution is -2.21. The largest absolute Gasteiger partial charge is 0.364 e. The summed E-state index contributed by atoms with van der Waals surface area (Å²) in [5.74, 6) is 0.574. The second kappa shape index (κ2) is 7.38. The normalized spacial score (nSPS) is 11.3. The SMILES string of the molecule is O=c1c2c(-c3cccs3)csc2nc(SCc2ccon2)n1-c1ccccc1. The Kier molecular flexibility index (Phi) is 4.59. The van der Waals surface area contributed by atoms with Gasteiger partial charge in [-0.3, -0.25) is 9.36 Å². The summed E-state index contributed by atoms with van der Waals surface area (Å²) in [4.78, 5) is 20.2. The summed E-state index contributed by atoms with van der Waals surface area (Å²) in [6.07, 6.45) is 1.55. The predicted octanol–water partition coefficient (Wildman–Crippen LogP) is 5.46. The third-order valence-corrected chi connectivity index (χ3v) is 6.97. The van der Waals surface area contributed by atoms with Crippen molar-refractivity contribution in [1.82, 2.24) is 14.7 Å². The highest BCUT2D eigenvalue weighted by Gasteiger charge is 2.19. The molecule has 0 bridgehead atoms. The Morgan fingerprint density at radius 3 is 2.71 bits per heavy atom. The summed E-state index contributed by atoms with van der Waals surface area (Å²) in [7, 11) is 0. The van der Waals surface area contributed by atoms with Gasteiger partial charge in [0.05, 0.1) is 16.8 Å². The zero-order valence-electron chi connectivity index (χ0n) is 14.4. The maximum Gasteiger partial charge on any atom is 0.268 e. The molecule has 0 amide bonds. The van der Waals surface area contributed by atoms with Crippen LogP contribution in [0.4, 0.5) is 0 Å². The number of aromatic nitrogens is 3. The standard InChI is InChI=1S/C20H13N3O2S3/c24-19-17-15(16-7-4-10-26-16)12-27-18(17)21-20(28-11-13-8-9-25-22-13)23(19)14-5-2-1-3-6-14/h1-10,12H,11H2. The first-order valence-corrected chi connectivity index (χ1v) is 11.2. The van der Waals surface area contributed by atoms with Crippen molar-refractivity contribution in [3.8, 4) is 16.1 Å². The summed E-state index contributed by atoms with van der Waals surface area (Å²) in [6, 6.07) is 15.5. The fourth-order valence-corrected chi connectivity index (χ4v) is 5.65. The van der Waals surface area contributed by atoms with Gasteiger partial charge in [0.15, 0.2) is 5.16 Å². The van der Waals surface area contributed by atoms with Gasteiger partial charge in [-0.15, -0.1) is 22.7 Å². The Labute approximate surface area is 172 Å². The first-order chi connectivity index (χ1) is 13.8. The van der Waals surface area contributed by atoms with Crippen LogP contribution in [0.3, 0.4) is 0 Å². The third kappa shape index (κ3) is 3.09. The summed E-state index contributed by atoms with van der Waals surface area (Å²) < 4.78 is 6.60. The maximum atomic E-state index is 13.6. The molecule has 0 aliphatic carbocycles. The fourth-order valence-electron chi connectivity index (χ4n) is 2.94. The van der Waals surface area contributed by atoms with Gasteiger partial charge in [-0.05, 0) is 23.6 Å². The highest BCUT2D eigenvalue weighted by molar-refractivity contribution is 7.98. The van der Waals surface area contributed by atoms with E-state index in [1.807, 2.05) is 59.3 Å². The Morgan fingerprint density at radius 2 is 1.96 bits per heavy atom. The van der Waals surface area contributed by atoms with Crippen LogP contribution >= 0.6 is 34.4 Å². The van der Waals surface area contributed by atoms with E-state index in [2.05, 4.69) is 5.16 Å². The van der Waals surface area contributed by atoms with Crippen LogP contribution in [0.5, 0.6) is 0 Å². The van der Waals surface area contributed by atoms with Crippen molar-refractivity contribution in [3.63, 3.8) is 0 Å². The molecule has 0 radical (unpaired) electrons. The van der Waals surface area contributed by atoms with Gasteiger partial charge in [-0.25, -0.2) is 4.98 Å². The van der Waals surface area contributed by atoms with Crippen molar-refractivity contribution in [2.24, 2.45) is 0 Å².